The molecule has 1 amide bonds. The van der Waals surface area contributed by atoms with Gasteiger partial charge in [-0.15, -0.1) is 0 Å². The van der Waals surface area contributed by atoms with Gasteiger partial charge in [0.2, 0.25) is 0 Å². The number of aldehydes is 1. The van der Waals surface area contributed by atoms with Gasteiger partial charge in [0.25, 0.3) is 0 Å². The first kappa shape index (κ1) is 25.7. The molecule has 1 aliphatic heterocycles. The summed E-state index contributed by atoms with van der Waals surface area (Å²) in [6, 6.07) is 6.69. The Morgan fingerprint density at radius 3 is 2.78 bits per heavy atom. The molecule has 3 fully saturated rings. The number of ether oxygens (including phenoxy) is 2. The molecule has 3 aliphatic carbocycles. The smallest absolute Gasteiger partial charge is 0.410 e. The van der Waals surface area contributed by atoms with Crippen LogP contribution in [0.5, 0.6) is 5.75 Å². The minimum Gasteiger partial charge on any atom is -0.410 e. The first-order chi connectivity index (χ1) is 17.4. The highest BCUT2D eigenvalue weighted by atomic mass is 16.6. The van der Waals surface area contributed by atoms with Crippen LogP contribution in [0.25, 0.3) is 0 Å². The topological polar surface area (TPSA) is 79.3 Å². The SMILES string of the molecule is CN(CCOCC=O)C1CCN(C(=O)Oc2ccc3c(c2)CCC2C3CCC3(C)C(O)CCC23)CC1. The minimum absolute atomic E-state index is 0.0978. The van der Waals surface area contributed by atoms with Gasteiger partial charge in [0.1, 0.15) is 18.6 Å². The van der Waals surface area contributed by atoms with Gasteiger partial charge in [-0.1, -0.05) is 13.0 Å². The maximum atomic E-state index is 12.9. The lowest BCUT2D eigenvalue weighted by Gasteiger charge is -2.50. The van der Waals surface area contributed by atoms with Crippen LogP contribution in [0.1, 0.15) is 68.9 Å². The molecule has 2 saturated carbocycles. The number of amides is 1. The van der Waals surface area contributed by atoms with Gasteiger partial charge in [0, 0.05) is 25.7 Å². The number of hydrogen-bond donors (Lipinski definition) is 1. The van der Waals surface area contributed by atoms with Crippen molar-refractivity contribution in [2.24, 2.45) is 17.3 Å². The number of piperidine rings is 1. The molecule has 1 aromatic rings. The fraction of sp³-hybridized carbons (Fsp3) is 0.724. The van der Waals surface area contributed by atoms with Gasteiger partial charge in [-0.2, -0.15) is 0 Å². The second kappa shape index (κ2) is 10.8. The monoisotopic (exact) mass is 498 g/mol. The van der Waals surface area contributed by atoms with Crippen LogP contribution in [0.15, 0.2) is 18.2 Å². The van der Waals surface area contributed by atoms with Crippen molar-refractivity contribution in [1.29, 1.82) is 0 Å². The number of nitrogens with zero attached hydrogens (tertiary/aromatic N) is 2. The van der Waals surface area contributed by atoms with E-state index in [9.17, 15) is 14.7 Å². The molecule has 0 radical (unpaired) electrons. The van der Waals surface area contributed by atoms with Crippen LogP contribution in [-0.2, 0) is 16.0 Å². The molecule has 5 rings (SSSR count). The van der Waals surface area contributed by atoms with E-state index in [1.807, 2.05) is 11.0 Å². The van der Waals surface area contributed by atoms with E-state index in [0.717, 1.165) is 57.8 Å². The Hall–Kier alpha value is -1.96. The Morgan fingerprint density at radius 2 is 2.00 bits per heavy atom. The van der Waals surface area contributed by atoms with Crippen molar-refractivity contribution in [1.82, 2.24) is 9.80 Å². The average molecular weight is 499 g/mol. The standard InChI is InChI=1S/C29H42N2O5/c1-29-12-9-24-23-6-4-22(19-20(23)3-5-25(24)26(29)7-8-27(29)33)36-28(34)31-13-10-21(11-14-31)30(2)15-17-35-18-16-32/h4,6,16,19,21,24-27,33H,3,5,7-15,17-18H2,1-2H3. The van der Waals surface area contributed by atoms with Crippen molar-refractivity contribution in [3.63, 3.8) is 0 Å². The molecule has 0 aromatic heterocycles. The van der Waals surface area contributed by atoms with E-state index in [1.165, 1.54) is 17.5 Å². The second-order valence-corrected chi connectivity index (χ2v) is 11.7. The Morgan fingerprint density at radius 1 is 1.19 bits per heavy atom. The summed E-state index contributed by atoms with van der Waals surface area (Å²) < 4.78 is 11.1. The second-order valence-electron chi connectivity index (χ2n) is 11.7. The van der Waals surface area contributed by atoms with E-state index in [4.69, 9.17) is 9.47 Å². The number of aliphatic hydroxyl groups is 1. The number of benzene rings is 1. The first-order valence-corrected chi connectivity index (χ1v) is 13.9. The van der Waals surface area contributed by atoms with Crippen molar-refractivity contribution in [2.45, 2.75) is 76.4 Å². The van der Waals surface area contributed by atoms with Crippen LogP contribution < -0.4 is 4.74 Å². The van der Waals surface area contributed by atoms with E-state index in [0.29, 0.717) is 49.2 Å². The van der Waals surface area contributed by atoms with Crippen LogP contribution in [-0.4, -0.2) is 79.3 Å². The zero-order valence-electron chi connectivity index (χ0n) is 21.9. The minimum atomic E-state index is -0.257. The highest BCUT2D eigenvalue weighted by Gasteiger charge is 2.54. The lowest BCUT2D eigenvalue weighted by molar-refractivity contribution is -0.112. The van der Waals surface area contributed by atoms with Gasteiger partial charge in [-0.05, 0) is 105 Å². The molecule has 1 saturated heterocycles. The largest absolute Gasteiger partial charge is 0.415 e. The number of carbonyl (C=O) groups excluding carboxylic acids is 2. The highest BCUT2D eigenvalue weighted by molar-refractivity contribution is 5.71. The molecule has 198 valence electrons. The van der Waals surface area contributed by atoms with Crippen LogP contribution >= 0.6 is 0 Å². The number of aryl methyl sites for hydroxylation is 1. The van der Waals surface area contributed by atoms with Gasteiger partial charge in [-0.25, -0.2) is 4.79 Å². The maximum absolute atomic E-state index is 12.9. The fourth-order valence-corrected chi connectivity index (χ4v) is 7.77. The molecular formula is C29H42N2O5. The lowest BCUT2D eigenvalue weighted by Crippen LogP contribution is -2.47. The Labute approximate surface area is 215 Å². The molecule has 0 spiro atoms. The molecule has 5 atom stereocenters. The number of fused-ring (bicyclic) bond motifs is 5. The molecule has 0 bridgehead atoms. The molecule has 1 aromatic carbocycles. The van der Waals surface area contributed by atoms with Gasteiger partial charge < -0.3 is 29.2 Å². The zero-order chi connectivity index (χ0) is 25.3. The summed E-state index contributed by atoms with van der Waals surface area (Å²) in [7, 11) is 2.07. The molecule has 7 heteroatoms. The van der Waals surface area contributed by atoms with E-state index in [2.05, 4.69) is 31.0 Å². The molecular weight excluding hydrogens is 456 g/mol. The summed E-state index contributed by atoms with van der Waals surface area (Å²) in [5.41, 5.74) is 2.87. The number of aliphatic hydroxyl groups excluding tert-OH is 1. The highest BCUT2D eigenvalue weighted by Crippen LogP contribution is 2.60. The molecule has 36 heavy (non-hydrogen) atoms. The van der Waals surface area contributed by atoms with Crippen molar-refractivity contribution in [2.75, 3.05) is 39.9 Å². The number of hydrogen-bond acceptors (Lipinski definition) is 6. The molecule has 4 aliphatic rings. The van der Waals surface area contributed by atoms with E-state index in [1.54, 1.807) is 0 Å². The molecule has 1 heterocycles. The molecule has 1 N–H and O–H groups in total. The average Bonchev–Trinajstić information content (AvgIpc) is 3.20. The van der Waals surface area contributed by atoms with Gasteiger partial charge >= 0.3 is 6.09 Å². The Balaban J connectivity index is 1.14. The summed E-state index contributed by atoms with van der Waals surface area (Å²) in [6.45, 7) is 5.15. The third-order valence-electron chi connectivity index (χ3n) is 9.97. The predicted molar refractivity (Wildman–Crippen MR) is 137 cm³/mol. The van der Waals surface area contributed by atoms with Crippen LogP contribution in [0.2, 0.25) is 0 Å². The van der Waals surface area contributed by atoms with E-state index < -0.39 is 0 Å². The Bertz CT molecular complexity index is 946. The van der Waals surface area contributed by atoms with Crippen molar-refractivity contribution in [3.8, 4) is 5.75 Å². The number of carbonyl (C=O) groups is 2. The Kier molecular flexibility index (Phi) is 7.70. The number of likely N-dealkylation sites (tertiary alicyclic amines) is 1. The van der Waals surface area contributed by atoms with Crippen LogP contribution in [0, 0.1) is 17.3 Å². The lowest BCUT2D eigenvalue weighted by atomic mass is 9.55. The van der Waals surface area contributed by atoms with Gasteiger partial charge in [0.15, 0.2) is 0 Å². The zero-order valence-corrected chi connectivity index (χ0v) is 21.9. The van der Waals surface area contributed by atoms with Crippen molar-refractivity contribution >= 4 is 12.4 Å². The summed E-state index contributed by atoms with van der Waals surface area (Å²) >= 11 is 0. The summed E-state index contributed by atoms with van der Waals surface area (Å²) in [4.78, 5) is 27.3. The third kappa shape index (κ3) is 4.94. The van der Waals surface area contributed by atoms with Crippen molar-refractivity contribution < 1.29 is 24.2 Å². The van der Waals surface area contributed by atoms with Crippen LogP contribution in [0.4, 0.5) is 4.79 Å². The van der Waals surface area contributed by atoms with Crippen molar-refractivity contribution in [3.05, 3.63) is 29.3 Å². The van der Waals surface area contributed by atoms with E-state index in [-0.39, 0.29) is 24.2 Å². The summed E-state index contributed by atoms with van der Waals surface area (Å²) in [5.74, 6) is 2.52. The van der Waals surface area contributed by atoms with Gasteiger partial charge in [-0.3, -0.25) is 0 Å². The van der Waals surface area contributed by atoms with Gasteiger partial charge in [0.05, 0.1) is 12.7 Å². The van der Waals surface area contributed by atoms with Crippen LogP contribution in [0.3, 0.4) is 0 Å². The third-order valence-corrected chi connectivity index (χ3v) is 9.97. The molecule has 7 nitrogen and oxygen atoms in total. The first-order valence-electron chi connectivity index (χ1n) is 13.9. The normalized spacial score (nSPS) is 32.1. The summed E-state index contributed by atoms with van der Waals surface area (Å²) in [6.07, 6.45) is 8.74. The summed E-state index contributed by atoms with van der Waals surface area (Å²) in [5, 5.41) is 10.6. The number of rotatable bonds is 7. The van der Waals surface area contributed by atoms with E-state index >= 15 is 0 Å². The predicted octanol–water partition coefficient (Wildman–Crippen LogP) is 4.01. The molecule has 5 unspecified atom stereocenters. The maximum Gasteiger partial charge on any atom is 0.415 e. The fourth-order valence-electron chi connectivity index (χ4n) is 7.77. The quantitative estimate of drug-likeness (QED) is 0.452. The number of likely N-dealkylation sites (N-methyl/N-ethyl adjacent to an activating group) is 1.